The van der Waals surface area contributed by atoms with Gasteiger partial charge in [-0.25, -0.2) is 0 Å². The van der Waals surface area contributed by atoms with Gasteiger partial charge in [-0.15, -0.1) is 11.8 Å². The number of hydrogen-bond acceptors (Lipinski definition) is 6. The van der Waals surface area contributed by atoms with Crippen molar-refractivity contribution in [1.82, 2.24) is 10.1 Å². The van der Waals surface area contributed by atoms with E-state index in [1.165, 1.54) is 11.8 Å². The standard InChI is InChI=1S/C22H24N4O3S/c1-3-26(19-7-5-4-6-8-19)22(28)13-17-9-11-18(12-10-17)24-21(27)15-30-14-20-23-16(2)29-25-20/h4-12H,3,13-15H2,1-2H3,(H,24,27). The molecule has 0 saturated carbocycles. The molecule has 0 aliphatic carbocycles. The summed E-state index contributed by atoms with van der Waals surface area (Å²) in [7, 11) is 0. The number of aryl methyl sites for hydroxylation is 1. The summed E-state index contributed by atoms with van der Waals surface area (Å²) in [4.78, 5) is 30.6. The number of carbonyl (C=O) groups excluding carboxylic acids is 2. The van der Waals surface area contributed by atoms with E-state index in [0.717, 1.165) is 11.3 Å². The Bertz CT molecular complexity index is 974. The molecule has 7 nitrogen and oxygen atoms in total. The molecule has 1 aromatic heterocycles. The molecule has 2 aromatic carbocycles. The number of hydrogen-bond donors (Lipinski definition) is 1. The van der Waals surface area contributed by atoms with Gasteiger partial charge in [-0.2, -0.15) is 4.98 Å². The fourth-order valence-corrected chi connectivity index (χ4v) is 3.58. The van der Waals surface area contributed by atoms with Gasteiger partial charge in [-0.05, 0) is 36.8 Å². The van der Waals surface area contributed by atoms with E-state index in [9.17, 15) is 9.59 Å². The average Bonchev–Trinajstić information content (AvgIpc) is 3.16. The lowest BCUT2D eigenvalue weighted by molar-refractivity contribution is -0.118. The lowest BCUT2D eigenvalue weighted by Crippen LogP contribution is -2.31. The minimum atomic E-state index is -0.106. The molecule has 8 heteroatoms. The molecule has 1 N–H and O–H groups in total. The predicted octanol–water partition coefficient (Wildman–Crippen LogP) is 3.85. The van der Waals surface area contributed by atoms with Crippen molar-refractivity contribution in [2.45, 2.75) is 26.0 Å². The second-order valence-electron chi connectivity index (χ2n) is 6.62. The molecular weight excluding hydrogens is 400 g/mol. The number of carbonyl (C=O) groups is 2. The van der Waals surface area contributed by atoms with Crippen LogP contribution in [0.4, 0.5) is 11.4 Å². The van der Waals surface area contributed by atoms with Crippen LogP contribution in [0.1, 0.15) is 24.2 Å². The summed E-state index contributed by atoms with van der Waals surface area (Å²) in [5.41, 5.74) is 2.49. The van der Waals surface area contributed by atoms with Crippen LogP contribution in [0.2, 0.25) is 0 Å². The van der Waals surface area contributed by atoms with Crippen LogP contribution in [0.3, 0.4) is 0 Å². The Morgan fingerprint density at radius 3 is 2.47 bits per heavy atom. The SMILES string of the molecule is CCN(C(=O)Cc1ccc(NC(=O)CSCc2noc(C)n2)cc1)c1ccccc1. The summed E-state index contributed by atoms with van der Waals surface area (Å²) in [5.74, 6) is 1.83. The number of likely N-dealkylation sites (N-methyl/N-ethyl adjacent to an activating group) is 1. The van der Waals surface area contributed by atoms with Crippen LogP contribution in [-0.2, 0) is 21.8 Å². The summed E-state index contributed by atoms with van der Waals surface area (Å²) in [5, 5.41) is 6.65. The molecule has 0 atom stereocenters. The van der Waals surface area contributed by atoms with Crippen molar-refractivity contribution in [3.8, 4) is 0 Å². The van der Waals surface area contributed by atoms with E-state index in [1.54, 1.807) is 11.8 Å². The van der Waals surface area contributed by atoms with E-state index in [2.05, 4.69) is 15.5 Å². The van der Waals surface area contributed by atoms with Crippen LogP contribution in [0.15, 0.2) is 59.1 Å². The monoisotopic (exact) mass is 424 g/mol. The minimum absolute atomic E-state index is 0.0357. The van der Waals surface area contributed by atoms with Crippen LogP contribution in [0.25, 0.3) is 0 Å². The fraction of sp³-hybridized carbons (Fsp3) is 0.273. The van der Waals surface area contributed by atoms with Crippen molar-refractivity contribution in [2.75, 3.05) is 22.5 Å². The van der Waals surface area contributed by atoms with Crippen LogP contribution in [-0.4, -0.2) is 34.3 Å². The van der Waals surface area contributed by atoms with Crippen molar-refractivity contribution in [1.29, 1.82) is 0 Å². The molecule has 0 aliphatic heterocycles. The Hall–Kier alpha value is -3.13. The van der Waals surface area contributed by atoms with Gasteiger partial charge in [0, 0.05) is 24.8 Å². The van der Waals surface area contributed by atoms with E-state index < -0.39 is 0 Å². The summed E-state index contributed by atoms with van der Waals surface area (Å²) >= 11 is 1.41. The smallest absolute Gasteiger partial charge is 0.234 e. The molecule has 0 radical (unpaired) electrons. The highest BCUT2D eigenvalue weighted by Crippen LogP contribution is 2.17. The van der Waals surface area contributed by atoms with Gasteiger partial charge in [0.2, 0.25) is 17.7 Å². The van der Waals surface area contributed by atoms with Gasteiger partial charge in [-0.1, -0.05) is 35.5 Å². The summed E-state index contributed by atoms with van der Waals surface area (Å²) < 4.78 is 4.90. The zero-order valence-electron chi connectivity index (χ0n) is 17.0. The Kier molecular flexibility index (Phi) is 7.62. The second kappa shape index (κ2) is 10.6. The van der Waals surface area contributed by atoms with Crippen LogP contribution >= 0.6 is 11.8 Å². The average molecular weight is 425 g/mol. The highest BCUT2D eigenvalue weighted by atomic mass is 32.2. The van der Waals surface area contributed by atoms with Crippen molar-refractivity contribution in [3.63, 3.8) is 0 Å². The zero-order valence-corrected chi connectivity index (χ0v) is 17.8. The normalized spacial score (nSPS) is 10.6. The van der Waals surface area contributed by atoms with E-state index >= 15 is 0 Å². The maximum Gasteiger partial charge on any atom is 0.234 e. The molecule has 0 aliphatic rings. The number of amides is 2. The molecule has 0 bridgehead atoms. The number of nitrogens with one attached hydrogen (secondary N) is 1. The minimum Gasteiger partial charge on any atom is -0.340 e. The largest absolute Gasteiger partial charge is 0.340 e. The topological polar surface area (TPSA) is 88.3 Å². The number of aromatic nitrogens is 2. The number of thioether (sulfide) groups is 1. The third kappa shape index (κ3) is 6.18. The molecule has 30 heavy (non-hydrogen) atoms. The van der Waals surface area contributed by atoms with Crippen molar-refractivity contribution in [2.24, 2.45) is 0 Å². The second-order valence-corrected chi connectivity index (χ2v) is 7.60. The first kappa shape index (κ1) is 21.6. The predicted molar refractivity (Wildman–Crippen MR) is 118 cm³/mol. The molecule has 3 aromatic rings. The van der Waals surface area contributed by atoms with Gasteiger partial charge in [-0.3, -0.25) is 9.59 Å². The van der Waals surface area contributed by atoms with Gasteiger partial charge >= 0.3 is 0 Å². The molecule has 0 unspecified atom stereocenters. The van der Waals surface area contributed by atoms with E-state index in [-0.39, 0.29) is 17.6 Å². The Labute approximate surface area is 179 Å². The van der Waals surface area contributed by atoms with Crippen molar-refractivity contribution < 1.29 is 14.1 Å². The zero-order chi connectivity index (χ0) is 21.3. The van der Waals surface area contributed by atoms with Gasteiger partial charge in [0.15, 0.2) is 5.82 Å². The first-order valence-electron chi connectivity index (χ1n) is 9.66. The third-order valence-electron chi connectivity index (χ3n) is 4.31. The molecule has 0 fully saturated rings. The summed E-state index contributed by atoms with van der Waals surface area (Å²) in [6, 6.07) is 17.0. The maximum absolute atomic E-state index is 12.7. The number of para-hydroxylation sites is 1. The third-order valence-corrected chi connectivity index (χ3v) is 5.24. The molecule has 156 valence electrons. The molecular formula is C22H24N4O3S. The van der Waals surface area contributed by atoms with Gasteiger partial charge < -0.3 is 14.7 Å². The Morgan fingerprint density at radius 2 is 1.83 bits per heavy atom. The first-order chi connectivity index (χ1) is 14.5. The van der Waals surface area contributed by atoms with Crippen molar-refractivity contribution in [3.05, 3.63) is 71.9 Å². The van der Waals surface area contributed by atoms with Gasteiger partial charge in [0.25, 0.3) is 0 Å². The molecule has 3 rings (SSSR count). The van der Waals surface area contributed by atoms with Crippen LogP contribution in [0, 0.1) is 6.92 Å². The van der Waals surface area contributed by atoms with E-state index in [1.807, 2.05) is 61.5 Å². The Balaban J connectivity index is 1.48. The van der Waals surface area contributed by atoms with E-state index in [4.69, 9.17) is 4.52 Å². The van der Waals surface area contributed by atoms with Crippen molar-refractivity contribution >= 4 is 35.0 Å². The molecule has 2 amide bonds. The number of rotatable bonds is 9. The fourth-order valence-electron chi connectivity index (χ4n) is 2.92. The molecule has 0 saturated heterocycles. The molecule has 1 heterocycles. The maximum atomic E-state index is 12.7. The van der Waals surface area contributed by atoms with E-state index in [0.29, 0.717) is 36.1 Å². The van der Waals surface area contributed by atoms with Crippen LogP contribution in [0.5, 0.6) is 0 Å². The summed E-state index contributed by atoms with van der Waals surface area (Å²) in [6.45, 7) is 4.30. The lowest BCUT2D eigenvalue weighted by Gasteiger charge is -2.21. The molecule has 0 spiro atoms. The highest BCUT2D eigenvalue weighted by Gasteiger charge is 2.14. The highest BCUT2D eigenvalue weighted by molar-refractivity contribution is 7.99. The number of nitrogens with zero attached hydrogens (tertiary/aromatic N) is 3. The summed E-state index contributed by atoms with van der Waals surface area (Å²) in [6.07, 6.45) is 0.303. The number of anilines is 2. The number of benzene rings is 2. The van der Waals surface area contributed by atoms with Crippen LogP contribution < -0.4 is 10.2 Å². The Morgan fingerprint density at radius 1 is 1.10 bits per heavy atom. The van der Waals surface area contributed by atoms with Gasteiger partial charge in [0.1, 0.15) is 0 Å². The lowest BCUT2D eigenvalue weighted by atomic mass is 10.1. The first-order valence-corrected chi connectivity index (χ1v) is 10.8. The van der Waals surface area contributed by atoms with Gasteiger partial charge in [0.05, 0.1) is 17.9 Å². The quantitative estimate of drug-likeness (QED) is 0.561.